The number of hydrogen-bond donors (Lipinski definition) is 0. The minimum Gasteiger partial charge on any atom is -0.289 e. The maximum atomic E-state index is 13.7. The number of nitro benzene ring substituents is 1. The molecule has 4 nitrogen and oxygen atoms in total. The predicted molar refractivity (Wildman–Crippen MR) is 80.6 cm³/mol. The Morgan fingerprint density at radius 2 is 1.86 bits per heavy atom. The molecule has 0 saturated heterocycles. The summed E-state index contributed by atoms with van der Waals surface area (Å²) in [5.41, 5.74) is 0.198. The topological polar surface area (TPSA) is 60.2 Å². The summed E-state index contributed by atoms with van der Waals surface area (Å²) in [5, 5.41) is 10.5. The summed E-state index contributed by atoms with van der Waals surface area (Å²) in [5.74, 6) is -1.46. The first-order valence-corrected chi connectivity index (χ1v) is 6.68. The zero-order chi connectivity index (χ0) is 15.4. The van der Waals surface area contributed by atoms with Crippen LogP contribution in [0.5, 0.6) is 0 Å². The van der Waals surface area contributed by atoms with Gasteiger partial charge in [-0.05, 0) is 29.8 Å². The maximum absolute atomic E-state index is 13.7. The first-order chi connectivity index (χ1) is 9.97. The standard InChI is InChI=1S/C15H9BrFNO3/c16-11-4-1-10(2-5-11)3-8-15(19)13-7-6-12(18(20)21)9-14(13)17/h1-9H/b8-3+. The number of allylic oxidation sites excluding steroid dienone is 1. The van der Waals surface area contributed by atoms with Crippen LogP contribution in [0.25, 0.3) is 6.08 Å². The molecule has 0 saturated carbocycles. The maximum Gasteiger partial charge on any atom is 0.272 e. The number of nitro groups is 1. The van der Waals surface area contributed by atoms with Gasteiger partial charge in [0.1, 0.15) is 5.82 Å². The van der Waals surface area contributed by atoms with Crippen LogP contribution in [-0.2, 0) is 0 Å². The Bertz CT molecular complexity index is 726. The lowest BCUT2D eigenvalue weighted by molar-refractivity contribution is -0.385. The summed E-state index contributed by atoms with van der Waals surface area (Å²) in [6, 6.07) is 10.2. The van der Waals surface area contributed by atoms with E-state index in [1.54, 1.807) is 18.2 Å². The number of carbonyl (C=O) groups is 1. The van der Waals surface area contributed by atoms with Crippen LogP contribution in [0, 0.1) is 15.9 Å². The highest BCUT2D eigenvalue weighted by molar-refractivity contribution is 9.10. The van der Waals surface area contributed by atoms with Gasteiger partial charge in [0, 0.05) is 10.5 Å². The summed E-state index contributed by atoms with van der Waals surface area (Å²) >= 11 is 3.29. The van der Waals surface area contributed by atoms with E-state index in [0.29, 0.717) is 0 Å². The van der Waals surface area contributed by atoms with Crippen LogP contribution in [0.4, 0.5) is 10.1 Å². The van der Waals surface area contributed by atoms with Crippen molar-refractivity contribution >= 4 is 33.5 Å². The number of hydrogen-bond acceptors (Lipinski definition) is 3. The summed E-state index contributed by atoms with van der Waals surface area (Å²) < 4.78 is 14.6. The van der Waals surface area contributed by atoms with E-state index in [2.05, 4.69) is 15.9 Å². The highest BCUT2D eigenvalue weighted by atomic mass is 79.9. The molecular weight excluding hydrogens is 341 g/mol. The third kappa shape index (κ3) is 3.82. The van der Waals surface area contributed by atoms with Crippen molar-refractivity contribution in [2.45, 2.75) is 0 Å². The average molecular weight is 350 g/mol. The molecule has 6 heteroatoms. The van der Waals surface area contributed by atoms with Gasteiger partial charge in [-0.1, -0.05) is 34.1 Å². The lowest BCUT2D eigenvalue weighted by Gasteiger charge is -1.99. The van der Waals surface area contributed by atoms with Gasteiger partial charge in [0.05, 0.1) is 16.6 Å². The van der Waals surface area contributed by atoms with Gasteiger partial charge in [0.2, 0.25) is 0 Å². The van der Waals surface area contributed by atoms with Gasteiger partial charge >= 0.3 is 0 Å². The van der Waals surface area contributed by atoms with E-state index in [1.165, 1.54) is 6.08 Å². The molecule has 2 rings (SSSR count). The molecule has 0 aromatic heterocycles. The van der Waals surface area contributed by atoms with Crippen LogP contribution in [0.1, 0.15) is 15.9 Å². The van der Waals surface area contributed by atoms with Gasteiger partial charge in [-0.2, -0.15) is 0 Å². The molecule has 0 bridgehead atoms. The van der Waals surface area contributed by atoms with Crippen LogP contribution < -0.4 is 0 Å². The van der Waals surface area contributed by atoms with Crippen molar-refractivity contribution in [2.75, 3.05) is 0 Å². The van der Waals surface area contributed by atoms with Crippen molar-refractivity contribution in [3.8, 4) is 0 Å². The number of benzene rings is 2. The number of non-ortho nitro benzene ring substituents is 1. The Hall–Kier alpha value is -2.34. The first kappa shape index (κ1) is 15.1. The second kappa shape index (κ2) is 6.41. The van der Waals surface area contributed by atoms with Gasteiger partial charge in [0.15, 0.2) is 5.78 Å². The lowest BCUT2D eigenvalue weighted by Crippen LogP contribution is -2.00. The first-order valence-electron chi connectivity index (χ1n) is 5.89. The Morgan fingerprint density at radius 1 is 1.19 bits per heavy atom. The van der Waals surface area contributed by atoms with E-state index < -0.39 is 16.5 Å². The number of carbonyl (C=O) groups excluding carboxylic acids is 1. The molecule has 0 heterocycles. The molecule has 0 atom stereocenters. The Morgan fingerprint density at radius 3 is 2.43 bits per heavy atom. The molecule has 0 amide bonds. The van der Waals surface area contributed by atoms with Crippen LogP contribution in [0.3, 0.4) is 0 Å². The SMILES string of the molecule is O=C(/C=C/c1ccc(Br)cc1)c1ccc([N+](=O)[O-])cc1F. The fraction of sp³-hybridized carbons (Fsp3) is 0. The lowest BCUT2D eigenvalue weighted by atomic mass is 10.1. The molecular formula is C15H9BrFNO3. The van der Waals surface area contributed by atoms with E-state index in [-0.39, 0.29) is 11.3 Å². The highest BCUT2D eigenvalue weighted by Crippen LogP contribution is 2.18. The number of halogens is 2. The largest absolute Gasteiger partial charge is 0.289 e. The monoisotopic (exact) mass is 349 g/mol. The molecule has 106 valence electrons. The van der Waals surface area contributed by atoms with Crippen molar-refractivity contribution < 1.29 is 14.1 Å². The summed E-state index contributed by atoms with van der Waals surface area (Å²) in [4.78, 5) is 21.7. The van der Waals surface area contributed by atoms with E-state index in [4.69, 9.17) is 0 Å². The zero-order valence-corrected chi connectivity index (χ0v) is 12.2. The van der Waals surface area contributed by atoms with Gasteiger partial charge < -0.3 is 0 Å². The zero-order valence-electron chi connectivity index (χ0n) is 10.6. The number of ketones is 1. The minimum atomic E-state index is -0.908. The molecule has 0 fully saturated rings. The third-order valence-electron chi connectivity index (χ3n) is 2.73. The molecule has 21 heavy (non-hydrogen) atoms. The fourth-order valence-corrected chi connectivity index (χ4v) is 1.92. The van der Waals surface area contributed by atoms with Crippen molar-refractivity contribution in [3.63, 3.8) is 0 Å². The smallest absolute Gasteiger partial charge is 0.272 e. The van der Waals surface area contributed by atoms with Crippen LogP contribution in [0.15, 0.2) is 53.0 Å². The second-order valence-corrected chi connectivity index (χ2v) is 5.09. The fourth-order valence-electron chi connectivity index (χ4n) is 1.65. The normalized spacial score (nSPS) is 10.8. The van der Waals surface area contributed by atoms with Gasteiger partial charge in [0.25, 0.3) is 5.69 Å². The number of nitrogens with zero attached hydrogens (tertiary/aromatic N) is 1. The molecule has 0 aliphatic carbocycles. The van der Waals surface area contributed by atoms with Crippen molar-refractivity contribution in [1.82, 2.24) is 0 Å². The van der Waals surface area contributed by atoms with Crippen LogP contribution in [-0.4, -0.2) is 10.7 Å². The Balaban J connectivity index is 2.20. The molecule has 2 aromatic carbocycles. The van der Waals surface area contributed by atoms with E-state index in [1.807, 2.05) is 12.1 Å². The predicted octanol–water partition coefficient (Wildman–Crippen LogP) is 4.39. The summed E-state index contributed by atoms with van der Waals surface area (Å²) in [6.07, 6.45) is 2.78. The van der Waals surface area contributed by atoms with Crippen LogP contribution >= 0.6 is 15.9 Å². The third-order valence-corrected chi connectivity index (χ3v) is 3.25. The van der Waals surface area contributed by atoms with Gasteiger partial charge in [-0.25, -0.2) is 4.39 Å². The quantitative estimate of drug-likeness (QED) is 0.356. The molecule has 2 aromatic rings. The Kier molecular flexibility index (Phi) is 4.59. The Labute approximate surface area is 128 Å². The van der Waals surface area contributed by atoms with E-state index >= 15 is 0 Å². The number of rotatable bonds is 4. The van der Waals surface area contributed by atoms with E-state index in [9.17, 15) is 19.3 Å². The van der Waals surface area contributed by atoms with Crippen molar-refractivity contribution in [1.29, 1.82) is 0 Å². The molecule has 0 aliphatic heterocycles. The van der Waals surface area contributed by atoms with Crippen molar-refractivity contribution in [2.24, 2.45) is 0 Å². The summed E-state index contributed by atoms with van der Waals surface area (Å²) in [6.45, 7) is 0. The molecule has 0 unspecified atom stereocenters. The van der Waals surface area contributed by atoms with Gasteiger partial charge in [-0.3, -0.25) is 14.9 Å². The van der Waals surface area contributed by atoms with Gasteiger partial charge in [-0.15, -0.1) is 0 Å². The second-order valence-electron chi connectivity index (χ2n) is 4.17. The van der Waals surface area contributed by atoms with Crippen LogP contribution in [0.2, 0.25) is 0 Å². The molecule has 0 aliphatic rings. The van der Waals surface area contributed by atoms with E-state index in [0.717, 1.165) is 28.2 Å². The molecule has 0 N–H and O–H groups in total. The molecule has 0 spiro atoms. The minimum absolute atomic E-state index is 0.200. The van der Waals surface area contributed by atoms with Crippen molar-refractivity contribution in [3.05, 3.63) is 80.1 Å². The average Bonchev–Trinajstić information content (AvgIpc) is 2.46. The summed E-state index contributed by atoms with van der Waals surface area (Å²) in [7, 11) is 0. The molecule has 0 radical (unpaired) electrons. The highest BCUT2D eigenvalue weighted by Gasteiger charge is 2.14.